The number of H-pyrrole nitrogens is 1. The number of methoxy groups -OCH3 is 1. The van der Waals surface area contributed by atoms with Crippen molar-refractivity contribution in [1.29, 1.82) is 0 Å². The van der Waals surface area contributed by atoms with Gasteiger partial charge in [-0.05, 0) is 63.9 Å². The molecule has 0 aliphatic carbocycles. The molecule has 0 aliphatic rings. The van der Waals surface area contributed by atoms with Crippen LogP contribution in [0.3, 0.4) is 0 Å². The Bertz CT molecular complexity index is 1590. The number of sulfonamides is 1. The van der Waals surface area contributed by atoms with Crippen molar-refractivity contribution in [3.63, 3.8) is 0 Å². The molecule has 0 aliphatic heterocycles. The molecule has 0 unspecified atom stereocenters. The van der Waals surface area contributed by atoms with Crippen molar-refractivity contribution in [2.75, 3.05) is 11.4 Å². The molecule has 2 aromatic carbocycles. The Balaban J connectivity index is 1.71. The van der Waals surface area contributed by atoms with E-state index < -0.39 is 21.8 Å². The van der Waals surface area contributed by atoms with Gasteiger partial charge in [0.2, 0.25) is 4.34 Å². The van der Waals surface area contributed by atoms with Gasteiger partial charge in [0.15, 0.2) is 5.82 Å². The number of anilines is 1. The highest BCUT2D eigenvalue weighted by molar-refractivity contribution is 7.94. The Morgan fingerprint density at radius 3 is 2.43 bits per heavy atom. The van der Waals surface area contributed by atoms with Crippen molar-refractivity contribution < 1.29 is 22.4 Å². The van der Waals surface area contributed by atoms with Crippen LogP contribution in [0, 0.1) is 20.8 Å². The number of hydrogen-bond acceptors (Lipinski definition) is 9. The Morgan fingerprint density at radius 1 is 1.11 bits per heavy atom. The highest BCUT2D eigenvalue weighted by Gasteiger charge is 2.32. The van der Waals surface area contributed by atoms with E-state index in [2.05, 4.69) is 19.6 Å². The molecule has 0 radical (unpaired) electrons. The van der Waals surface area contributed by atoms with Gasteiger partial charge in [0.25, 0.3) is 10.0 Å². The van der Waals surface area contributed by atoms with Crippen molar-refractivity contribution in [3.8, 4) is 22.9 Å². The van der Waals surface area contributed by atoms with E-state index in [-0.39, 0.29) is 16.8 Å². The van der Waals surface area contributed by atoms with Crippen LogP contribution in [0.4, 0.5) is 5.69 Å². The largest absolute Gasteiger partial charge is 0.496 e. The molecule has 0 atom stereocenters. The number of nitrogens with one attached hydrogen (secondary N) is 1. The first-order chi connectivity index (χ1) is 17.5. The van der Waals surface area contributed by atoms with E-state index in [1.807, 2.05) is 39.8 Å². The number of thiazole rings is 1. The zero-order valence-corrected chi connectivity index (χ0v) is 23.0. The summed E-state index contributed by atoms with van der Waals surface area (Å²) < 4.78 is 45.0. The SMILES string of the molecule is COc1cc(-c2noc(=O)[nH]2)ccc1COc1cc(C)c(C)cc1N(C(C)C)S(=O)(=O)c1nc(C)cs1. The lowest BCUT2D eigenvalue weighted by Gasteiger charge is -2.29. The molecule has 1 N–H and O–H groups in total. The van der Waals surface area contributed by atoms with Crippen LogP contribution >= 0.6 is 11.3 Å². The topological polar surface area (TPSA) is 128 Å². The Labute approximate surface area is 218 Å². The molecule has 0 saturated carbocycles. The molecular weight excluding hydrogens is 516 g/mol. The fraction of sp³-hybridized carbons (Fsp3) is 0.320. The molecule has 0 fully saturated rings. The fourth-order valence-corrected chi connectivity index (χ4v) is 6.58. The third-order valence-corrected chi connectivity index (χ3v) is 9.08. The molecule has 0 amide bonds. The predicted octanol–water partition coefficient (Wildman–Crippen LogP) is 4.60. The summed E-state index contributed by atoms with van der Waals surface area (Å²) in [4.78, 5) is 18.0. The third-order valence-electron chi connectivity index (χ3n) is 5.74. The first kappa shape index (κ1) is 26.4. The second kappa shape index (κ2) is 10.4. The minimum atomic E-state index is -3.92. The maximum absolute atomic E-state index is 13.6. The lowest BCUT2D eigenvalue weighted by molar-refractivity contribution is 0.297. The monoisotopic (exact) mass is 544 g/mol. The van der Waals surface area contributed by atoms with Gasteiger partial charge < -0.3 is 9.47 Å². The predicted molar refractivity (Wildman–Crippen MR) is 141 cm³/mol. The summed E-state index contributed by atoms with van der Waals surface area (Å²) in [6, 6.07) is 8.53. The average Bonchev–Trinajstić information content (AvgIpc) is 3.48. The Morgan fingerprint density at radius 2 is 1.84 bits per heavy atom. The quantitative estimate of drug-likeness (QED) is 0.324. The van der Waals surface area contributed by atoms with Crippen molar-refractivity contribution in [2.45, 2.75) is 51.6 Å². The number of ether oxygens (including phenoxy) is 2. The van der Waals surface area contributed by atoms with Gasteiger partial charge in [-0.2, -0.15) is 8.42 Å². The number of benzene rings is 2. The molecular formula is C25H28N4O6S2. The van der Waals surface area contributed by atoms with Crippen LogP contribution in [0.1, 0.15) is 36.2 Å². The summed E-state index contributed by atoms with van der Waals surface area (Å²) in [5.74, 6) is 0.558. The molecule has 0 spiro atoms. The number of aromatic amines is 1. The molecule has 196 valence electrons. The van der Waals surface area contributed by atoms with Crippen molar-refractivity contribution in [3.05, 3.63) is 68.6 Å². The smallest absolute Gasteiger partial charge is 0.439 e. The van der Waals surface area contributed by atoms with Crippen molar-refractivity contribution >= 4 is 27.0 Å². The van der Waals surface area contributed by atoms with Gasteiger partial charge in [-0.15, -0.1) is 11.3 Å². The van der Waals surface area contributed by atoms with E-state index in [0.29, 0.717) is 28.4 Å². The molecule has 4 rings (SSSR count). The number of aromatic nitrogens is 3. The summed E-state index contributed by atoms with van der Waals surface area (Å²) in [7, 11) is -2.40. The zero-order chi connectivity index (χ0) is 26.9. The van der Waals surface area contributed by atoms with E-state index in [1.54, 1.807) is 30.5 Å². The maximum atomic E-state index is 13.6. The lowest BCUT2D eigenvalue weighted by atomic mass is 10.1. The zero-order valence-electron chi connectivity index (χ0n) is 21.4. The minimum Gasteiger partial charge on any atom is -0.496 e. The molecule has 2 aromatic heterocycles. The summed E-state index contributed by atoms with van der Waals surface area (Å²) in [6.07, 6.45) is 0. The first-order valence-corrected chi connectivity index (χ1v) is 13.8. The lowest BCUT2D eigenvalue weighted by Crippen LogP contribution is -2.37. The Kier molecular flexibility index (Phi) is 7.42. The molecule has 12 heteroatoms. The van der Waals surface area contributed by atoms with Gasteiger partial charge >= 0.3 is 5.76 Å². The van der Waals surface area contributed by atoms with Crippen molar-refractivity contribution in [1.82, 2.24) is 15.1 Å². The van der Waals surface area contributed by atoms with Crippen LogP contribution in [0.5, 0.6) is 11.5 Å². The van der Waals surface area contributed by atoms with Crippen molar-refractivity contribution in [2.24, 2.45) is 0 Å². The minimum absolute atomic E-state index is 0.0334. The van der Waals surface area contributed by atoms with Crippen LogP contribution in [0.15, 0.2) is 49.4 Å². The average molecular weight is 545 g/mol. The van der Waals surface area contributed by atoms with Crippen LogP contribution in [-0.2, 0) is 16.6 Å². The molecule has 2 heterocycles. The van der Waals surface area contributed by atoms with Gasteiger partial charge in [0.05, 0.1) is 12.8 Å². The van der Waals surface area contributed by atoms with E-state index in [0.717, 1.165) is 28.0 Å². The van der Waals surface area contributed by atoms with E-state index in [1.165, 1.54) is 11.4 Å². The van der Waals surface area contributed by atoms with Gasteiger partial charge in [0, 0.05) is 28.2 Å². The summed E-state index contributed by atoms with van der Waals surface area (Å²) in [6.45, 7) is 9.37. The maximum Gasteiger partial charge on any atom is 0.439 e. The van der Waals surface area contributed by atoms with E-state index in [9.17, 15) is 13.2 Å². The number of rotatable bonds is 9. The molecule has 4 aromatic rings. The summed E-state index contributed by atoms with van der Waals surface area (Å²) in [5, 5.41) is 5.42. The van der Waals surface area contributed by atoms with Gasteiger partial charge in [-0.3, -0.25) is 13.8 Å². The van der Waals surface area contributed by atoms with E-state index >= 15 is 0 Å². The fourth-order valence-electron chi connectivity index (χ4n) is 3.80. The molecule has 10 nitrogen and oxygen atoms in total. The van der Waals surface area contributed by atoms with Crippen LogP contribution < -0.4 is 19.5 Å². The highest BCUT2D eigenvalue weighted by Crippen LogP contribution is 2.38. The molecule has 0 saturated heterocycles. The standard InChI is InChI=1S/C25H28N4O6S2/c1-14(2)29(37(31,32)25-26-17(5)13-36-25)20-9-15(3)16(4)10-22(20)34-12-19-8-7-18(11-21(19)33-6)23-27-24(30)35-28-23/h7-11,13-14H,12H2,1-6H3,(H,27,28,30). The molecule has 37 heavy (non-hydrogen) atoms. The Hall–Kier alpha value is -3.64. The van der Waals surface area contributed by atoms with Gasteiger partial charge in [-0.25, -0.2) is 9.78 Å². The highest BCUT2D eigenvalue weighted by atomic mass is 32.2. The van der Waals surface area contributed by atoms with E-state index in [4.69, 9.17) is 9.47 Å². The van der Waals surface area contributed by atoms with Crippen LogP contribution in [-0.4, -0.2) is 36.7 Å². The van der Waals surface area contributed by atoms with Crippen LogP contribution in [0.25, 0.3) is 11.4 Å². The number of hydrogen-bond donors (Lipinski definition) is 1. The van der Waals surface area contributed by atoms with Crippen LogP contribution in [0.2, 0.25) is 0 Å². The number of nitrogens with zero attached hydrogens (tertiary/aromatic N) is 3. The second-order valence-electron chi connectivity index (χ2n) is 8.81. The first-order valence-electron chi connectivity index (χ1n) is 11.4. The summed E-state index contributed by atoms with van der Waals surface area (Å²) in [5.41, 5.74) is 4.30. The normalized spacial score (nSPS) is 11.6. The molecule has 0 bridgehead atoms. The van der Waals surface area contributed by atoms with Gasteiger partial charge in [0.1, 0.15) is 18.1 Å². The van der Waals surface area contributed by atoms with Gasteiger partial charge in [-0.1, -0.05) is 17.3 Å². The number of aryl methyl sites for hydroxylation is 3. The third kappa shape index (κ3) is 5.39. The second-order valence-corrected chi connectivity index (χ2v) is 11.7. The summed E-state index contributed by atoms with van der Waals surface area (Å²) >= 11 is 1.09.